The Hall–Kier alpha value is -3.84. The summed E-state index contributed by atoms with van der Waals surface area (Å²) in [6, 6.07) is 8.85. The summed E-state index contributed by atoms with van der Waals surface area (Å²) in [5, 5.41) is 81.7. The number of ether oxygens (including phenoxy) is 14. The molecule has 0 aliphatic carbocycles. The first kappa shape index (κ1) is 79.5. The molecule has 0 radical (unpaired) electrons. The molecule has 7 rings (SSSR count). The molecule has 6 heterocycles. The average Bonchev–Trinajstić information content (AvgIpc) is 0.770. The van der Waals surface area contributed by atoms with Crippen molar-refractivity contribution in [2.24, 2.45) is 5.92 Å². The summed E-state index contributed by atoms with van der Waals surface area (Å²) in [5.41, 5.74) is 0.644. The third-order valence-corrected chi connectivity index (χ3v) is 19.1. The first-order chi connectivity index (χ1) is 46.0. The minimum Gasteiger partial charge on any atom is -0.456 e. The molecule has 6 fully saturated rings. The molecule has 6 aliphatic heterocycles. The van der Waals surface area contributed by atoms with Gasteiger partial charge >= 0.3 is 23.9 Å². The average molecular weight is 1370 g/mol. The van der Waals surface area contributed by atoms with Gasteiger partial charge in [-0.15, -0.1) is 0 Å². The first-order valence-corrected chi connectivity index (χ1v) is 35.9. The summed E-state index contributed by atoms with van der Waals surface area (Å²) < 4.78 is 89.9. The molecule has 26 atom stereocenters. The number of esters is 4. The van der Waals surface area contributed by atoms with Gasteiger partial charge in [0.15, 0.2) is 55.9 Å². The van der Waals surface area contributed by atoms with Crippen LogP contribution in [0, 0.1) is 5.92 Å². The van der Waals surface area contributed by atoms with Crippen LogP contribution in [0.5, 0.6) is 0 Å². The van der Waals surface area contributed by atoms with E-state index in [2.05, 4.69) is 13.8 Å². The van der Waals surface area contributed by atoms with Crippen molar-refractivity contribution in [3.8, 4) is 0 Å². The van der Waals surface area contributed by atoms with E-state index in [-0.39, 0.29) is 18.9 Å². The van der Waals surface area contributed by atoms with E-state index in [4.69, 9.17) is 66.3 Å². The Balaban J connectivity index is 1.27. The number of unbranched alkanes of at least 4 members (excludes halogenated alkanes) is 10. The zero-order valence-electron chi connectivity index (χ0n) is 57.9. The number of carbonyl (C=O) groups is 4. The second-order valence-electron chi connectivity index (χ2n) is 27.3. The van der Waals surface area contributed by atoms with Gasteiger partial charge in [-0.2, -0.15) is 0 Å². The fourth-order valence-corrected chi connectivity index (χ4v) is 13.2. The molecule has 0 saturated carbocycles. The molecule has 6 aliphatic rings. The summed E-state index contributed by atoms with van der Waals surface area (Å²) in [6.45, 7) is 15.1. The molecule has 25 nitrogen and oxygen atoms in total. The number of fused-ring (bicyclic) bond motifs is 3. The number of hydrogen-bond donors (Lipinski definition) is 7. The number of aliphatic hydroxyl groups is 7. The summed E-state index contributed by atoms with van der Waals surface area (Å²) >= 11 is 0. The van der Waals surface area contributed by atoms with E-state index in [1.54, 1.807) is 58.0 Å². The molecule has 0 amide bonds. The van der Waals surface area contributed by atoms with Crippen LogP contribution in [0.1, 0.15) is 216 Å². The summed E-state index contributed by atoms with van der Waals surface area (Å²) in [6.07, 6.45) is -18.3. The largest absolute Gasteiger partial charge is 0.456 e. The number of benzene rings is 1. The van der Waals surface area contributed by atoms with Crippen molar-refractivity contribution in [2.45, 2.75) is 370 Å². The van der Waals surface area contributed by atoms with Crippen LogP contribution in [0.15, 0.2) is 36.4 Å². The second-order valence-corrected chi connectivity index (χ2v) is 27.3. The van der Waals surface area contributed by atoms with Crippen molar-refractivity contribution >= 4 is 30.0 Å². The number of rotatable bonds is 26. The van der Waals surface area contributed by atoms with Gasteiger partial charge in [-0.1, -0.05) is 167 Å². The molecule has 25 heteroatoms. The van der Waals surface area contributed by atoms with Gasteiger partial charge in [0.25, 0.3) is 0 Å². The predicted octanol–water partition coefficient (Wildman–Crippen LogP) is 7.21. The minimum absolute atomic E-state index is 0.0456. The van der Waals surface area contributed by atoms with Crippen LogP contribution in [-0.4, -0.2) is 219 Å². The molecule has 96 heavy (non-hydrogen) atoms. The highest BCUT2D eigenvalue weighted by molar-refractivity contribution is 5.87. The molecule has 7 N–H and O–H groups in total. The molecule has 0 spiro atoms. The van der Waals surface area contributed by atoms with E-state index < -0.39 is 183 Å². The standard InChI is InChI=1S/C71H114O25/c1-10-12-14-15-16-17-20-23-31-37-49(73)91-65-64(96-67-55(79)53(77)51(75)41(5)83-67)60(94-70-63(90-50(74)39-38-46-32-27-25-28-33-46)56(80)58(43(7)86-70)92-66(82)40(3)4)45(9)87-71(65)93-59-44(8)85-68-57(81)61(59)89-48(72)36-30-24-21-18-19-22-29-35-47(34-26-13-11-2)88-69-62(95-68)54(78)52(76)42(6)84-69/h25,27-28,32-33,38-45,47,51-65,67-71,75-81H,10-24,26,29-31,34-37H2,1-9H3. The van der Waals surface area contributed by atoms with Gasteiger partial charge in [0, 0.05) is 18.9 Å². The normalized spacial score (nSPS) is 38.5. The SMILES string of the molecule is CCCCCCCCCCCC(=O)OC1C(OC2C(C)OC3OC4C(OC(CCCCC)CCCCCCCCCC(=O)OC2C3O)OC(C)C(O)C4O)OC(C)C(OC2OC(C)C(OC(=O)C(C)C)C(O)C2OC(=O)C=Cc2ccccc2)C1OC1OC(C)C(O)C(O)C1O. The molecule has 548 valence electrons. The van der Waals surface area contributed by atoms with E-state index >= 15 is 0 Å². The third kappa shape index (κ3) is 22.8. The maximum Gasteiger partial charge on any atom is 0.331 e. The van der Waals surface area contributed by atoms with E-state index in [0.717, 1.165) is 109 Å². The third-order valence-electron chi connectivity index (χ3n) is 19.1. The molecule has 26 unspecified atom stereocenters. The highest BCUT2D eigenvalue weighted by atomic mass is 16.8. The Morgan fingerprint density at radius 3 is 1.72 bits per heavy atom. The van der Waals surface area contributed by atoms with Crippen molar-refractivity contribution < 1.29 is 121 Å². The smallest absolute Gasteiger partial charge is 0.331 e. The molecule has 0 aromatic heterocycles. The molecular formula is C71H114O25. The molecule has 1 aromatic carbocycles. The first-order valence-electron chi connectivity index (χ1n) is 35.9. The zero-order chi connectivity index (χ0) is 69.6. The number of carbonyl (C=O) groups excluding carboxylic acids is 4. The van der Waals surface area contributed by atoms with Crippen LogP contribution in [0.2, 0.25) is 0 Å². The minimum atomic E-state index is -1.95. The van der Waals surface area contributed by atoms with E-state index in [1.165, 1.54) is 26.8 Å². The van der Waals surface area contributed by atoms with Crippen molar-refractivity contribution in [1.82, 2.24) is 0 Å². The Morgan fingerprint density at radius 1 is 0.490 bits per heavy atom. The quantitative estimate of drug-likeness (QED) is 0.0208. The highest BCUT2D eigenvalue weighted by Gasteiger charge is 2.59. The number of hydrogen-bond acceptors (Lipinski definition) is 25. The van der Waals surface area contributed by atoms with E-state index in [9.17, 15) is 54.9 Å². The molecule has 2 bridgehead atoms. The van der Waals surface area contributed by atoms with Gasteiger partial charge in [0.05, 0.1) is 42.5 Å². The lowest BCUT2D eigenvalue weighted by Gasteiger charge is -2.51. The molecule has 6 saturated heterocycles. The van der Waals surface area contributed by atoms with Crippen molar-refractivity contribution in [3.05, 3.63) is 42.0 Å². The molecule has 1 aromatic rings. The molecular weight excluding hydrogens is 1250 g/mol. The lowest BCUT2D eigenvalue weighted by Crippen LogP contribution is -2.68. The maximum atomic E-state index is 14.6. The van der Waals surface area contributed by atoms with Crippen LogP contribution in [-0.2, 0) is 85.5 Å². The summed E-state index contributed by atoms with van der Waals surface area (Å²) in [7, 11) is 0. The van der Waals surface area contributed by atoms with Crippen LogP contribution in [0.4, 0.5) is 0 Å². The van der Waals surface area contributed by atoms with Crippen LogP contribution >= 0.6 is 0 Å². The zero-order valence-corrected chi connectivity index (χ0v) is 57.9. The van der Waals surface area contributed by atoms with Crippen LogP contribution < -0.4 is 0 Å². The van der Waals surface area contributed by atoms with Gasteiger partial charge in [-0.25, -0.2) is 4.79 Å². The number of aliphatic hydroxyl groups excluding tert-OH is 7. The monoisotopic (exact) mass is 1370 g/mol. The van der Waals surface area contributed by atoms with Gasteiger partial charge in [-0.3, -0.25) is 14.4 Å². The van der Waals surface area contributed by atoms with Gasteiger partial charge in [0.2, 0.25) is 0 Å². The van der Waals surface area contributed by atoms with Gasteiger partial charge in [-0.05, 0) is 71.9 Å². The van der Waals surface area contributed by atoms with Crippen LogP contribution in [0.3, 0.4) is 0 Å². The topological polar surface area (TPSA) is 339 Å². The van der Waals surface area contributed by atoms with Crippen molar-refractivity contribution in [3.63, 3.8) is 0 Å². The van der Waals surface area contributed by atoms with Crippen molar-refractivity contribution in [1.29, 1.82) is 0 Å². The maximum absolute atomic E-state index is 14.6. The Morgan fingerprint density at radius 2 is 1.04 bits per heavy atom. The highest BCUT2D eigenvalue weighted by Crippen LogP contribution is 2.40. The summed E-state index contributed by atoms with van der Waals surface area (Å²) in [5.74, 6) is -3.75. The second kappa shape index (κ2) is 40.0. The lowest BCUT2D eigenvalue weighted by atomic mass is 9.95. The Labute approximate surface area is 566 Å². The van der Waals surface area contributed by atoms with Crippen LogP contribution in [0.25, 0.3) is 6.08 Å². The van der Waals surface area contributed by atoms with Crippen molar-refractivity contribution in [2.75, 3.05) is 0 Å². The van der Waals surface area contributed by atoms with E-state index in [0.29, 0.717) is 37.7 Å². The fraction of sp³-hybridized carbons (Fsp3) is 0.831. The predicted molar refractivity (Wildman–Crippen MR) is 345 cm³/mol. The Kier molecular flexibility index (Phi) is 33.1. The lowest BCUT2D eigenvalue weighted by molar-refractivity contribution is -0.399. The van der Waals surface area contributed by atoms with Gasteiger partial charge < -0.3 is 102 Å². The summed E-state index contributed by atoms with van der Waals surface area (Å²) in [4.78, 5) is 55.8. The van der Waals surface area contributed by atoms with E-state index in [1.807, 2.05) is 0 Å². The fourth-order valence-electron chi connectivity index (χ4n) is 13.2. The Bertz CT molecular complexity index is 2470. The van der Waals surface area contributed by atoms with Gasteiger partial charge in [0.1, 0.15) is 67.1 Å².